The van der Waals surface area contributed by atoms with Crippen LogP contribution in [0.3, 0.4) is 0 Å². The van der Waals surface area contributed by atoms with E-state index in [0.717, 1.165) is 31.3 Å². The number of anilines is 1. The maximum Gasteiger partial charge on any atom is 0.298 e. The van der Waals surface area contributed by atoms with Crippen LogP contribution >= 0.6 is 0 Å². The molecule has 1 aliphatic heterocycles. The number of hydrogen-bond acceptors (Lipinski definition) is 6. The van der Waals surface area contributed by atoms with Crippen LogP contribution in [-0.2, 0) is 9.84 Å². The Hall–Kier alpha value is -2.97. The molecule has 33 heavy (non-hydrogen) atoms. The van der Waals surface area contributed by atoms with Gasteiger partial charge in [-0.05, 0) is 42.8 Å². The van der Waals surface area contributed by atoms with Gasteiger partial charge in [-0.1, -0.05) is 42.5 Å². The molecule has 0 amide bonds. The smallest absolute Gasteiger partial charge is 0.298 e. The molecule has 1 N–H and O–H groups in total. The van der Waals surface area contributed by atoms with E-state index >= 15 is 0 Å². The van der Waals surface area contributed by atoms with Gasteiger partial charge in [0.15, 0.2) is 5.58 Å². The van der Waals surface area contributed by atoms with E-state index in [1.165, 1.54) is 0 Å². The number of para-hydroxylation sites is 1. The number of unbranched alkanes of at least 4 members (excludes halogenated alkanes) is 1. The summed E-state index contributed by atoms with van der Waals surface area (Å²) in [4.78, 5) is 7.13. The molecule has 3 aromatic carbocycles. The highest BCUT2D eigenvalue weighted by atomic mass is 32.2. The average Bonchev–Trinajstić information content (AvgIpc) is 3.28. The molecule has 0 saturated carbocycles. The van der Waals surface area contributed by atoms with Crippen LogP contribution in [0.1, 0.15) is 19.3 Å². The van der Waals surface area contributed by atoms with Crippen molar-refractivity contribution in [3.05, 3.63) is 60.7 Å². The Morgan fingerprint density at radius 1 is 1.03 bits per heavy atom. The van der Waals surface area contributed by atoms with Crippen LogP contribution in [0.4, 0.5) is 10.4 Å². The molecule has 1 saturated heterocycles. The summed E-state index contributed by atoms with van der Waals surface area (Å²) in [6.45, 7) is 1.91. The highest BCUT2D eigenvalue weighted by Crippen LogP contribution is 2.34. The monoisotopic (exact) mass is 467 g/mol. The summed E-state index contributed by atoms with van der Waals surface area (Å²) < 4.78 is 46.1. The number of piperazine rings is 1. The lowest BCUT2D eigenvalue weighted by Crippen LogP contribution is -2.51. The van der Waals surface area contributed by atoms with E-state index < -0.39 is 9.84 Å². The molecule has 0 spiro atoms. The second-order valence-corrected chi connectivity index (χ2v) is 10.2. The average molecular weight is 468 g/mol. The molecule has 6 nitrogen and oxygen atoms in total. The zero-order valence-corrected chi connectivity index (χ0v) is 19.0. The van der Waals surface area contributed by atoms with E-state index in [-0.39, 0.29) is 22.5 Å². The number of nitrogens with one attached hydrogen (secondary N) is 1. The topological polar surface area (TPSA) is 75.4 Å². The minimum absolute atomic E-state index is 0.122. The van der Waals surface area contributed by atoms with Gasteiger partial charge in [-0.2, -0.15) is 4.98 Å². The number of hydrogen-bond donors (Lipinski definition) is 1. The first-order chi connectivity index (χ1) is 16.1. The second kappa shape index (κ2) is 9.11. The predicted octanol–water partition coefficient (Wildman–Crippen LogP) is 4.73. The Bertz CT molecular complexity index is 1380. The van der Waals surface area contributed by atoms with Crippen LogP contribution in [0, 0.1) is 0 Å². The van der Waals surface area contributed by atoms with Gasteiger partial charge in [0.25, 0.3) is 6.01 Å². The van der Waals surface area contributed by atoms with Gasteiger partial charge in [-0.15, -0.1) is 0 Å². The normalized spacial score (nSPS) is 17.1. The molecule has 1 aliphatic rings. The van der Waals surface area contributed by atoms with Crippen LogP contribution in [0.15, 0.2) is 74.9 Å². The molecule has 1 aromatic heterocycles. The highest BCUT2D eigenvalue weighted by molar-refractivity contribution is 7.92. The molecule has 0 aliphatic carbocycles. The van der Waals surface area contributed by atoms with Gasteiger partial charge in [0.05, 0.1) is 11.6 Å². The van der Waals surface area contributed by atoms with Crippen molar-refractivity contribution in [2.75, 3.05) is 31.2 Å². The van der Waals surface area contributed by atoms with Crippen LogP contribution in [0.5, 0.6) is 0 Å². The number of halogens is 1. The van der Waals surface area contributed by atoms with E-state index in [1.807, 2.05) is 30.3 Å². The minimum atomic E-state index is -3.84. The first kappa shape index (κ1) is 21.9. The van der Waals surface area contributed by atoms with Gasteiger partial charge >= 0.3 is 0 Å². The van der Waals surface area contributed by atoms with Crippen LogP contribution in [0.25, 0.3) is 21.9 Å². The zero-order chi connectivity index (χ0) is 22.8. The Morgan fingerprint density at radius 3 is 2.70 bits per heavy atom. The number of sulfone groups is 1. The molecule has 0 radical (unpaired) electrons. The number of alkyl halides is 1. The van der Waals surface area contributed by atoms with Crippen molar-refractivity contribution in [2.24, 2.45) is 0 Å². The van der Waals surface area contributed by atoms with Crippen LogP contribution in [0.2, 0.25) is 0 Å². The molecule has 1 fully saturated rings. The molecular weight excluding hydrogens is 441 g/mol. The molecule has 1 atom stereocenters. The first-order valence-corrected chi connectivity index (χ1v) is 12.7. The summed E-state index contributed by atoms with van der Waals surface area (Å²) in [5.74, 6) is 0. The maximum absolute atomic E-state index is 13.7. The van der Waals surface area contributed by atoms with Crippen LogP contribution < -0.4 is 10.2 Å². The minimum Gasteiger partial charge on any atom is -0.423 e. The Kier molecular flexibility index (Phi) is 6.03. The van der Waals surface area contributed by atoms with Gasteiger partial charge in [0.2, 0.25) is 9.84 Å². The van der Waals surface area contributed by atoms with Gasteiger partial charge in [-0.25, -0.2) is 8.42 Å². The largest absolute Gasteiger partial charge is 0.423 e. The third kappa shape index (κ3) is 4.09. The summed E-state index contributed by atoms with van der Waals surface area (Å²) in [6.07, 6.45) is 2.13. The lowest BCUT2D eigenvalue weighted by molar-refractivity contribution is 0.393. The summed E-state index contributed by atoms with van der Waals surface area (Å²) >= 11 is 0. The highest BCUT2D eigenvalue weighted by Gasteiger charge is 2.29. The van der Waals surface area contributed by atoms with E-state index in [9.17, 15) is 12.8 Å². The fourth-order valence-corrected chi connectivity index (χ4v) is 6.17. The van der Waals surface area contributed by atoms with E-state index in [2.05, 4.69) is 15.2 Å². The summed E-state index contributed by atoms with van der Waals surface area (Å²) in [7, 11) is -3.84. The molecule has 5 rings (SSSR count). The Labute approximate surface area is 192 Å². The molecule has 4 aromatic rings. The van der Waals surface area contributed by atoms with Gasteiger partial charge in [0, 0.05) is 31.1 Å². The maximum atomic E-state index is 13.7. The SMILES string of the molecule is O=S(=O)(c1cccc2ccccc12)c1cccc2oc(N3CCNCC3CCCCF)nc12. The third-order valence-corrected chi connectivity index (χ3v) is 8.06. The van der Waals surface area contributed by atoms with Crippen molar-refractivity contribution < 1.29 is 17.2 Å². The van der Waals surface area contributed by atoms with Crippen molar-refractivity contribution >= 4 is 37.7 Å². The fourth-order valence-electron chi connectivity index (χ4n) is 4.54. The second-order valence-electron chi connectivity index (χ2n) is 8.32. The molecule has 2 heterocycles. The van der Waals surface area contributed by atoms with Gasteiger partial charge in [0.1, 0.15) is 10.4 Å². The standard InChI is InChI=1S/C25H26FN3O3S/c26-14-4-3-9-19-17-27-15-16-29(19)25-28-24-21(32-25)11-6-13-23(24)33(30,31)22-12-5-8-18-7-1-2-10-20(18)22/h1-2,5-8,10-13,19,27H,3-4,9,14-17H2. The number of aromatic nitrogens is 1. The zero-order valence-electron chi connectivity index (χ0n) is 18.2. The summed E-state index contributed by atoms with van der Waals surface area (Å²) in [5, 5.41) is 4.91. The lowest BCUT2D eigenvalue weighted by Gasteiger charge is -2.35. The fraction of sp³-hybridized carbons (Fsp3) is 0.320. The Balaban J connectivity index is 1.57. The molecular formula is C25H26FN3O3S. The van der Waals surface area contributed by atoms with Gasteiger partial charge in [-0.3, -0.25) is 4.39 Å². The number of nitrogens with zero attached hydrogens (tertiary/aromatic N) is 2. The first-order valence-electron chi connectivity index (χ1n) is 11.3. The Morgan fingerprint density at radius 2 is 1.82 bits per heavy atom. The van der Waals surface area contributed by atoms with Crippen molar-refractivity contribution in [3.8, 4) is 0 Å². The van der Waals surface area contributed by atoms with Crippen molar-refractivity contribution in [2.45, 2.75) is 35.1 Å². The number of rotatable bonds is 7. The van der Waals surface area contributed by atoms with E-state index in [4.69, 9.17) is 4.42 Å². The molecule has 172 valence electrons. The summed E-state index contributed by atoms with van der Waals surface area (Å²) in [5.41, 5.74) is 0.772. The number of benzene rings is 3. The van der Waals surface area contributed by atoms with E-state index in [1.54, 1.807) is 30.3 Å². The van der Waals surface area contributed by atoms with Crippen molar-refractivity contribution in [1.82, 2.24) is 10.3 Å². The predicted molar refractivity (Wildman–Crippen MR) is 127 cm³/mol. The van der Waals surface area contributed by atoms with Crippen molar-refractivity contribution in [1.29, 1.82) is 0 Å². The molecule has 1 unspecified atom stereocenters. The lowest BCUT2D eigenvalue weighted by atomic mass is 10.1. The third-order valence-electron chi connectivity index (χ3n) is 6.22. The van der Waals surface area contributed by atoms with E-state index in [0.29, 0.717) is 35.5 Å². The number of oxazole rings is 1. The molecule has 8 heteroatoms. The van der Waals surface area contributed by atoms with Gasteiger partial charge < -0.3 is 14.6 Å². The molecule has 0 bridgehead atoms. The van der Waals surface area contributed by atoms with Crippen LogP contribution in [-0.4, -0.2) is 45.8 Å². The quantitative estimate of drug-likeness (QED) is 0.396. The summed E-state index contributed by atoms with van der Waals surface area (Å²) in [6, 6.07) is 18.3. The van der Waals surface area contributed by atoms with Crippen molar-refractivity contribution in [3.63, 3.8) is 0 Å². The number of fused-ring (bicyclic) bond motifs is 2.